The fourth-order valence-electron chi connectivity index (χ4n) is 2.28. The minimum Gasteiger partial charge on any atom is -0.342 e. The highest BCUT2D eigenvalue weighted by atomic mass is 16.2. The number of hydrogen-bond donors (Lipinski definition) is 0. The Bertz CT molecular complexity index is 167. The van der Waals surface area contributed by atoms with Crippen molar-refractivity contribution in [3.8, 4) is 0 Å². The van der Waals surface area contributed by atoms with E-state index in [-0.39, 0.29) is 0 Å². The molecular formula is C12H23NO. The lowest BCUT2D eigenvalue weighted by atomic mass is 9.97. The molecule has 14 heavy (non-hydrogen) atoms. The van der Waals surface area contributed by atoms with Gasteiger partial charge in [-0.05, 0) is 25.7 Å². The third-order valence-electron chi connectivity index (χ3n) is 3.04. The van der Waals surface area contributed by atoms with Crippen LogP contribution in [0.2, 0.25) is 0 Å². The highest BCUT2D eigenvalue weighted by Gasteiger charge is 2.24. The van der Waals surface area contributed by atoms with Gasteiger partial charge < -0.3 is 4.90 Å². The highest BCUT2D eigenvalue weighted by Crippen LogP contribution is 2.19. The third-order valence-corrected chi connectivity index (χ3v) is 3.04. The van der Waals surface area contributed by atoms with Crippen molar-refractivity contribution in [2.75, 3.05) is 13.1 Å². The quantitative estimate of drug-likeness (QED) is 0.663. The minimum atomic E-state index is 0.308. The molecule has 1 heterocycles. The van der Waals surface area contributed by atoms with E-state index >= 15 is 0 Å². The lowest BCUT2D eigenvalue weighted by Crippen LogP contribution is -2.33. The van der Waals surface area contributed by atoms with Gasteiger partial charge in [-0.1, -0.05) is 26.7 Å². The monoisotopic (exact) mass is 197 g/mol. The molecule has 0 aromatic carbocycles. The molecule has 1 aliphatic rings. The molecular weight excluding hydrogens is 174 g/mol. The second-order valence-electron chi connectivity index (χ2n) is 4.31. The summed E-state index contributed by atoms with van der Waals surface area (Å²) < 4.78 is 0. The first-order valence-corrected chi connectivity index (χ1v) is 6.08. The van der Waals surface area contributed by atoms with Crippen molar-refractivity contribution in [3.05, 3.63) is 0 Å². The molecule has 82 valence electrons. The van der Waals surface area contributed by atoms with Gasteiger partial charge in [-0.3, -0.25) is 4.79 Å². The van der Waals surface area contributed by atoms with Crippen LogP contribution < -0.4 is 0 Å². The molecule has 0 saturated carbocycles. The minimum absolute atomic E-state index is 0.308. The smallest absolute Gasteiger partial charge is 0.225 e. The van der Waals surface area contributed by atoms with Crippen LogP contribution >= 0.6 is 0 Å². The summed E-state index contributed by atoms with van der Waals surface area (Å²) in [5, 5.41) is 0. The normalized spacial score (nSPS) is 16.6. The molecule has 0 aromatic rings. The molecule has 0 radical (unpaired) electrons. The Labute approximate surface area is 87.7 Å². The van der Waals surface area contributed by atoms with Crippen LogP contribution in [0.15, 0.2) is 0 Å². The molecule has 0 spiro atoms. The van der Waals surface area contributed by atoms with Crippen molar-refractivity contribution in [1.82, 2.24) is 4.90 Å². The van der Waals surface area contributed by atoms with Crippen LogP contribution in [0.5, 0.6) is 0 Å². The zero-order valence-corrected chi connectivity index (χ0v) is 9.59. The molecule has 0 aromatic heterocycles. The van der Waals surface area contributed by atoms with Crippen LogP contribution in [0.4, 0.5) is 0 Å². The van der Waals surface area contributed by atoms with E-state index in [9.17, 15) is 4.79 Å². The molecule has 1 rings (SSSR count). The van der Waals surface area contributed by atoms with Gasteiger partial charge in [0.1, 0.15) is 0 Å². The van der Waals surface area contributed by atoms with E-state index in [4.69, 9.17) is 0 Å². The first-order valence-electron chi connectivity index (χ1n) is 6.08. The molecule has 2 heteroatoms. The maximum absolute atomic E-state index is 12.1. The molecule has 0 bridgehead atoms. The van der Waals surface area contributed by atoms with Gasteiger partial charge >= 0.3 is 0 Å². The predicted molar refractivity (Wildman–Crippen MR) is 59.1 cm³/mol. The Morgan fingerprint density at radius 2 is 1.64 bits per heavy atom. The second-order valence-corrected chi connectivity index (χ2v) is 4.31. The van der Waals surface area contributed by atoms with Crippen LogP contribution in [-0.4, -0.2) is 23.9 Å². The summed E-state index contributed by atoms with van der Waals surface area (Å²) in [6, 6.07) is 0. The van der Waals surface area contributed by atoms with Crippen molar-refractivity contribution >= 4 is 5.91 Å². The number of nitrogens with zero attached hydrogens (tertiary/aromatic N) is 1. The van der Waals surface area contributed by atoms with Gasteiger partial charge in [0, 0.05) is 19.0 Å². The van der Waals surface area contributed by atoms with Crippen LogP contribution in [0.1, 0.15) is 52.4 Å². The van der Waals surface area contributed by atoms with Gasteiger partial charge in [-0.25, -0.2) is 0 Å². The Kier molecular flexibility index (Phi) is 4.99. The van der Waals surface area contributed by atoms with Crippen molar-refractivity contribution in [2.45, 2.75) is 52.4 Å². The first-order chi connectivity index (χ1) is 6.79. The largest absolute Gasteiger partial charge is 0.342 e. The summed E-state index contributed by atoms with van der Waals surface area (Å²) in [5.41, 5.74) is 0. The van der Waals surface area contributed by atoms with Crippen molar-refractivity contribution < 1.29 is 4.79 Å². The second kappa shape index (κ2) is 6.05. The molecule has 0 N–H and O–H groups in total. The SMILES string of the molecule is CCCC(CCC)C(=O)N1CCCC1. The van der Waals surface area contributed by atoms with E-state index in [0.717, 1.165) is 38.8 Å². The Hall–Kier alpha value is -0.530. The number of likely N-dealkylation sites (tertiary alicyclic amines) is 1. The number of rotatable bonds is 5. The molecule has 1 saturated heterocycles. The van der Waals surface area contributed by atoms with Gasteiger partial charge in [0.05, 0.1) is 0 Å². The zero-order valence-electron chi connectivity index (χ0n) is 9.59. The standard InChI is InChI=1S/C12H23NO/c1-3-7-11(8-4-2)12(14)13-9-5-6-10-13/h11H,3-10H2,1-2H3. The van der Waals surface area contributed by atoms with Gasteiger partial charge in [-0.2, -0.15) is 0 Å². The maximum Gasteiger partial charge on any atom is 0.225 e. The predicted octanol–water partition coefficient (Wildman–Crippen LogP) is 2.83. The molecule has 1 amide bonds. The maximum atomic E-state index is 12.1. The lowest BCUT2D eigenvalue weighted by Gasteiger charge is -2.22. The molecule has 0 atom stereocenters. The molecule has 0 aliphatic carbocycles. The van der Waals surface area contributed by atoms with Crippen LogP contribution in [0.25, 0.3) is 0 Å². The van der Waals surface area contributed by atoms with Crippen LogP contribution in [0.3, 0.4) is 0 Å². The van der Waals surface area contributed by atoms with Crippen LogP contribution in [0, 0.1) is 5.92 Å². The van der Waals surface area contributed by atoms with Gasteiger partial charge in [0.25, 0.3) is 0 Å². The van der Waals surface area contributed by atoms with Crippen molar-refractivity contribution in [2.24, 2.45) is 5.92 Å². The Balaban J connectivity index is 2.43. The topological polar surface area (TPSA) is 20.3 Å². The average Bonchev–Trinajstić information content (AvgIpc) is 2.69. The van der Waals surface area contributed by atoms with E-state index in [1.165, 1.54) is 12.8 Å². The average molecular weight is 197 g/mol. The molecule has 1 fully saturated rings. The number of amides is 1. The van der Waals surface area contributed by atoms with Gasteiger partial charge in [0.2, 0.25) is 5.91 Å². The van der Waals surface area contributed by atoms with E-state index in [2.05, 4.69) is 18.7 Å². The molecule has 1 aliphatic heterocycles. The van der Waals surface area contributed by atoms with Crippen molar-refractivity contribution in [1.29, 1.82) is 0 Å². The van der Waals surface area contributed by atoms with Gasteiger partial charge in [0.15, 0.2) is 0 Å². The molecule has 0 unspecified atom stereocenters. The fourth-order valence-corrected chi connectivity index (χ4v) is 2.28. The number of hydrogen-bond acceptors (Lipinski definition) is 1. The van der Waals surface area contributed by atoms with Crippen molar-refractivity contribution in [3.63, 3.8) is 0 Å². The van der Waals surface area contributed by atoms with E-state index in [1.807, 2.05) is 0 Å². The Morgan fingerprint density at radius 1 is 1.14 bits per heavy atom. The summed E-state index contributed by atoms with van der Waals surface area (Å²) in [7, 11) is 0. The van der Waals surface area contributed by atoms with E-state index in [1.54, 1.807) is 0 Å². The molecule has 2 nitrogen and oxygen atoms in total. The van der Waals surface area contributed by atoms with E-state index < -0.39 is 0 Å². The summed E-state index contributed by atoms with van der Waals surface area (Å²) in [6.07, 6.45) is 6.81. The summed E-state index contributed by atoms with van der Waals surface area (Å²) in [4.78, 5) is 14.1. The summed E-state index contributed by atoms with van der Waals surface area (Å²) in [5.74, 6) is 0.731. The third kappa shape index (κ3) is 3.00. The summed E-state index contributed by atoms with van der Waals surface area (Å²) in [6.45, 7) is 6.34. The number of carbonyl (C=O) groups excluding carboxylic acids is 1. The Morgan fingerprint density at radius 3 is 2.07 bits per heavy atom. The number of carbonyl (C=O) groups is 1. The highest BCUT2D eigenvalue weighted by molar-refractivity contribution is 5.79. The fraction of sp³-hybridized carbons (Fsp3) is 0.917. The summed E-state index contributed by atoms with van der Waals surface area (Å²) >= 11 is 0. The van der Waals surface area contributed by atoms with E-state index in [0.29, 0.717) is 11.8 Å². The lowest BCUT2D eigenvalue weighted by molar-refractivity contribution is -0.134. The van der Waals surface area contributed by atoms with Gasteiger partial charge in [-0.15, -0.1) is 0 Å². The zero-order chi connectivity index (χ0) is 10.4. The first kappa shape index (κ1) is 11.5. The van der Waals surface area contributed by atoms with Crippen LogP contribution in [-0.2, 0) is 4.79 Å².